The van der Waals surface area contributed by atoms with Crippen molar-refractivity contribution in [2.75, 3.05) is 50.8 Å². The zero-order valence-electron chi connectivity index (χ0n) is 18.1. The largest absolute Gasteiger partial charge is 0.379 e. The number of benzene rings is 1. The molecule has 1 aromatic heterocycles. The van der Waals surface area contributed by atoms with E-state index in [1.807, 2.05) is 19.9 Å². The summed E-state index contributed by atoms with van der Waals surface area (Å²) in [7, 11) is 0. The van der Waals surface area contributed by atoms with Crippen molar-refractivity contribution in [3.8, 4) is 0 Å². The van der Waals surface area contributed by atoms with Crippen LogP contribution in [0.4, 0.5) is 5.13 Å². The molecule has 2 saturated heterocycles. The van der Waals surface area contributed by atoms with Gasteiger partial charge in [0.1, 0.15) is 6.54 Å². The van der Waals surface area contributed by atoms with Gasteiger partial charge in [-0.15, -0.1) is 0 Å². The van der Waals surface area contributed by atoms with Gasteiger partial charge in [0.25, 0.3) is 0 Å². The number of aromatic nitrogens is 1. The predicted octanol–water partition coefficient (Wildman–Crippen LogP) is 2.12. The van der Waals surface area contributed by atoms with Crippen molar-refractivity contribution in [2.24, 2.45) is 0 Å². The zero-order chi connectivity index (χ0) is 22.0. The molecular weight excluding hydrogens is 416 g/mol. The van der Waals surface area contributed by atoms with Crippen LogP contribution in [0, 0.1) is 13.8 Å². The molecule has 0 bridgehead atoms. The lowest BCUT2D eigenvalue weighted by molar-refractivity contribution is -0.141. The number of fused-ring (bicyclic) bond motifs is 1. The van der Waals surface area contributed by atoms with Crippen molar-refractivity contribution in [3.05, 3.63) is 23.3 Å². The highest BCUT2D eigenvalue weighted by molar-refractivity contribution is 7.22. The molecular formula is C22H28N4O4S. The molecule has 4 rings (SSSR count). The van der Waals surface area contributed by atoms with E-state index in [1.54, 1.807) is 4.90 Å². The molecule has 0 spiro atoms. The summed E-state index contributed by atoms with van der Waals surface area (Å²) in [4.78, 5) is 47.1. The van der Waals surface area contributed by atoms with Gasteiger partial charge in [-0.3, -0.25) is 29.1 Å². The molecule has 3 heterocycles. The highest BCUT2D eigenvalue weighted by Crippen LogP contribution is 2.33. The number of aryl methyl sites for hydroxylation is 2. The fourth-order valence-electron chi connectivity index (χ4n) is 3.99. The van der Waals surface area contributed by atoms with Crippen molar-refractivity contribution in [1.29, 1.82) is 0 Å². The maximum absolute atomic E-state index is 13.2. The lowest BCUT2D eigenvalue weighted by Crippen LogP contribution is -2.44. The maximum Gasteiger partial charge on any atom is 0.248 e. The van der Waals surface area contributed by atoms with Crippen LogP contribution in [0.1, 0.15) is 30.4 Å². The van der Waals surface area contributed by atoms with Crippen molar-refractivity contribution < 1.29 is 19.1 Å². The third-order valence-electron chi connectivity index (χ3n) is 5.87. The van der Waals surface area contributed by atoms with Gasteiger partial charge in [0, 0.05) is 39.0 Å². The van der Waals surface area contributed by atoms with Crippen LogP contribution in [0.2, 0.25) is 0 Å². The quantitative estimate of drug-likeness (QED) is 0.609. The molecule has 0 N–H and O–H groups in total. The number of nitrogens with zero attached hydrogens (tertiary/aromatic N) is 4. The smallest absolute Gasteiger partial charge is 0.248 e. The summed E-state index contributed by atoms with van der Waals surface area (Å²) in [6, 6.07) is 4.10. The minimum absolute atomic E-state index is 0.183. The summed E-state index contributed by atoms with van der Waals surface area (Å²) in [6.07, 6.45) is 1.15. The standard InChI is InChI=1S/C22H28N4O4S/c1-15-4-5-16(2)21-20(15)23-22(31-21)25(9-3-8-24-10-12-30-13-11-24)19(29)14-26-17(27)6-7-18(26)28/h4-5H,3,6-14H2,1-2H3. The highest BCUT2D eigenvalue weighted by atomic mass is 32.1. The number of thiazole rings is 1. The second-order valence-electron chi connectivity index (χ2n) is 8.10. The van der Waals surface area contributed by atoms with E-state index in [0.717, 1.165) is 65.5 Å². The second kappa shape index (κ2) is 9.42. The molecule has 0 atom stereocenters. The van der Waals surface area contributed by atoms with E-state index < -0.39 is 0 Å². The number of ether oxygens (including phenoxy) is 1. The Balaban J connectivity index is 1.55. The molecule has 1 aromatic carbocycles. The Kier molecular flexibility index (Phi) is 6.64. The molecule has 2 fully saturated rings. The second-order valence-corrected chi connectivity index (χ2v) is 9.08. The molecule has 3 amide bonds. The molecule has 2 aliphatic rings. The van der Waals surface area contributed by atoms with Gasteiger partial charge in [0.2, 0.25) is 17.7 Å². The zero-order valence-corrected chi connectivity index (χ0v) is 18.9. The van der Waals surface area contributed by atoms with Gasteiger partial charge in [0.05, 0.1) is 23.4 Å². The molecule has 0 unspecified atom stereocenters. The molecule has 0 aliphatic carbocycles. The van der Waals surface area contributed by atoms with Gasteiger partial charge >= 0.3 is 0 Å². The maximum atomic E-state index is 13.2. The normalized spacial score (nSPS) is 17.7. The Morgan fingerprint density at radius 3 is 2.48 bits per heavy atom. The van der Waals surface area contributed by atoms with E-state index in [4.69, 9.17) is 9.72 Å². The van der Waals surface area contributed by atoms with Crippen molar-refractivity contribution in [2.45, 2.75) is 33.1 Å². The Morgan fingerprint density at radius 1 is 1.13 bits per heavy atom. The first-order valence-corrected chi connectivity index (χ1v) is 11.6. The van der Waals surface area contributed by atoms with Gasteiger partial charge in [-0.1, -0.05) is 23.5 Å². The van der Waals surface area contributed by atoms with Crippen LogP contribution in [-0.2, 0) is 19.1 Å². The summed E-state index contributed by atoms with van der Waals surface area (Å²) in [5, 5.41) is 0.624. The molecule has 166 valence electrons. The van der Waals surface area contributed by atoms with Crippen LogP contribution in [0.3, 0.4) is 0 Å². The van der Waals surface area contributed by atoms with E-state index in [9.17, 15) is 14.4 Å². The molecule has 0 saturated carbocycles. The van der Waals surface area contributed by atoms with Gasteiger partial charge in [-0.25, -0.2) is 4.98 Å². The van der Waals surface area contributed by atoms with E-state index in [-0.39, 0.29) is 37.1 Å². The molecule has 9 heteroatoms. The Morgan fingerprint density at radius 2 is 1.81 bits per heavy atom. The first-order valence-electron chi connectivity index (χ1n) is 10.7. The monoisotopic (exact) mass is 444 g/mol. The molecule has 31 heavy (non-hydrogen) atoms. The van der Waals surface area contributed by atoms with E-state index >= 15 is 0 Å². The first kappa shape index (κ1) is 21.9. The summed E-state index contributed by atoms with van der Waals surface area (Å²) < 4.78 is 6.47. The predicted molar refractivity (Wildman–Crippen MR) is 119 cm³/mol. The number of imide groups is 1. The third-order valence-corrected chi connectivity index (χ3v) is 7.08. The number of rotatable bonds is 7. The van der Waals surface area contributed by atoms with Gasteiger partial charge in [0.15, 0.2) is 5.13 Å². The van der Waals surface area contributed by atoms with Crippen molar-refractivity contribution in [1.82, 2.24) is 14.8 Å². The number of morpholine rings is 1. The number of carbonyl (C=O) groups excluding carboxylic acids is 3. The van der Waals surface area contributed by atoms with Crippen LogP contribution in [0.5, 0.6) is 0 Å². The van der Waals surface area contributed by atoms with Gasteiger partial charge in [-0.2, -0.15) is 0 Å². The van der Waals surface area contributed by atoms with Crippen LogP contribution < -0.4 is 4.90 Å². The Bertz CT molecular complexity index is 944. The van der Waals surface area contributed by atoms with Crippen LogP contribution in [0.25, 0.3) is 10.2 Å². The first-order chi connectivity index (χ1) is 14.9. The lowest BCUT2D eigenvalue weighted by Gasteiger charge is -2.28. The minimum atomic E-state index is -0.275. The van der Waals surface area contributed by atoms with Crippen molar-refractivity contribution in [3.63, 3.8) is 0 Å². The number of amides is 3. The number of hydrogen-bond acceptors (Lipinski definition) is 7. The number of carbonyl (C=O) groups is 3. The van der Waals surface area contributed by atoms with Crippen LogP contribution >= 0.6 is 11.3 Å². The molecule has 2 aromatic rings. The van der Waals surface area contributed by atoms with Crippen LogP contribution in [-0.4, -0.2) is 78.4 Å². The van der Waals surface area contributed by atoms with E-state index in [0.29, 0.717) is 11.7 Å². The molecule has 0 radical (unpaired) electrons. The Labute approximate surface area is 185 Å². The fraction of sp³-hybridized carbons (Fsp3) is 0.545. The van der Waals surface area contributed by atoms with Gasteiger partial charge in [-0.05, 0) is 31.4 Å². The summed E-state index contributed by atoms with van der Waals surface area (Å²) in [6.45, 7) is 8.43. The fourth-order valence-corrected chi connectivity index (χ4v) is 5.14. The summed E-state index contributed by atoms with van der Waals surface area (Å²) >= 11 is 1.49. The third kappa shape index (κ3) is 4.78. The number of anilines is 1. The minimum Gasteiger partial charge on any atom is -0.379 e. The highest BCUT2D eigenvalue weighted by Gasteiger charge is 2.33. The average Bonchev–Trinajstić information content (AvgIpc) is 3.35. The van der Waals surface area contributed by atoms with Gasteiger partial charge < -0.3 is 4.74 Å². The summed E-state index contributed by atoms with van der Waals surface area (Å²) in [5.74, 6) is -0.815. The van der Waals surface area contributed by atoms with E-state index in [1.165, 1.54) is 11.3 Å². The van der Waals surface area contributed by atoms with Crippen LogP contribution in [0.15, 0.2) is 12.1 Å². The topological polar surface area (TPSA) is 83.0 Å². The van der Waals surface area contributed by atoms with E-state index in [2.05, 4.69) is 11.0 Å². The number of hydrogen-bond donors (Lipinski definition) is 0. The SMILES string of the molecule is Cc1ccc(C)c2sc(N(CCCN3CCOCC3)C(=O)CN3C(=O)CCC3=O)nc12. The van der Waals surface area contributed by atoms with Crippen molar-refractivity contribution >= 4 is 44.4 Å². The Hall–Kier alpha value is -2.36. The molecule has 2 aliphatic heterocycles. The molecule has 8 nitrogen and oxygen atoms in total. The average molecular weight is 445 g/mol. The lowest BCUT2D eigenvalue weighted by atomic mass is 10.1. The number of likely N-dealkylation sites (tertiary alicyclic amines) is 1. The summed E-state index contributed by atoms with van der Waals surface area (Å²) in [5.41, 5.74) is 3.09.